The van der Waals surface area contributed by atoms with E-state index in [1.54, 1.807) is 0 Å². The van der Waals surface area contributed by atoms with E-state index in [9.17, 15) is 21.6 Å². The molecule has 0 amide bonds. The smallest absolute Gasteiger partial charge is 0.270 e. The minimum absolute atomic E-state index is 0.174. The molecular formula is C7H13F3O3S. The molecule has 0 saturated carbocycles. The van der Waals surface area contributed by atoms with Gasteiger partial charge in [0, 0.05) is 0 Å². The number of hydrogen-bond donors (Lipinski definition) is 0. The van der Waals surface area contributed by atoms with Gasteiger partial charge in [-0.15, -0.1) is 0 Å². The number of alkyl halides is 3. The lowest BCUT2D eigenvalue weighted by Crippen LogP contribution is -2.24. The summed E-state index contributed by atoms with van der Waals surface area (Å²) in [6.07, 6.45) is -2.69. The third-order valence-corrected chi connectivity index (χ3v) is 2.56. The number of halogens is 3. The zero-order valence-electron chi connectivity index (χ0n) is 7.80. The van der Waals surface area contributed by atoms with Gasteiger partial charge in [0.25, 0.3) is 10.1 Å². The van der Waals surface area contributed by atoms with Gasteiger partial charge in [0.05, 0.1) is 6.61 Å². The van der Waals surface area contributed by atoms with Gasteiger partial charge in [-0.25, -0.2) is 0 Å². The molecule has 0 unspecified atom stereocenters. The zero-order chi connectivity index (χ0) is 11.2. The Balaban J connectivity index is 3.86. The third-order valence-electron chi connectivity index (χ3n) is 1.35. The van der Waals surface area contributed by atoms with E-state index >= 15 is 0 Å². The quantitative estimate of drug-likeness (QED) is 0.522. The summed E-state index contributed by atoms with van der Waals surface area (Å²) in [6, 6.07) is 0. The molecule has 0 aliphatic rings. The summed E-state index contributed by atoms with van der Waals surface area (Å²) < 4.78 is 60.5. The van der Waals surface area contributed by atoms with Crippen LogP contribution in [0.25, 0.3) is 0 Å². The van der Waals surface area contributed by atoms with Crippen LogP contribution in [0.3, 0.4) is 0 Å². The summed E-state index contributed by atoms with van der Waals surface area (Å²) in [5.41, 5.74) is 0. The first kappa shape index (κ1) is 13.7. The van der Waals surface area contributed by atoms with E-state index in [0.717, 1.165) is 12.8 Å². The molecule has 0 rings (SSSR count). The van der Waals surface area contributed by atoms with Crippen molar-refractivity contribution in [3.63, 3.8) is 0 Å². The van der Waals surface area contributed by atoms with Gasteiger partial charge in [0.15, 0.2) is 5.75 Å². The Morgan fingerprint density at radius 1 is 1.21 bits per heavy atom. The van der Waals surface area contributed by atoms with Crippen LogP contribution in [0.4, 0.5) is 13.2 Å². The summed E-state index contributed by atoms with van der Waals surface area (Å²) in [5.74, 6) is -1.91. The fraction of sp³-hybridized carbons (Fsp3) is 1.00. The molecule has 0 atom stereocenters. The average molecular weight is 234 g/mol. The molecule has 0 radical (unpaired) electrons. The Morgan fingerprint density at radius 2 is 1.79 bits per heavy atom. The molecule has 0 saturated heterocycles. The first-order chi connectivity index (χ1) is 6.27. The van der Waals surface area contributed by atoms with Crippen LogP contribution in [0, 0.1) is 0 Å². The van der Waals surface area contributed by atoms with Crippen molar-refractivity contribution < 1.29 is 25.8 Å². The van der Waals surface area contributed by atoms with Crippen LogP contribution in [0.1, 0.15) is 26.2 Å². The van der Waals surface area contributed by atoms with Gasteiger partial charge in [-0.1, -0.05) is 19.8 Å². The fourth-order valence-electron chi connectivity index (χ4n) is 0.780. The molecule has 0 aromatic carbocycles. The lowest BCUT2D eigenvalue weighted by atomic mass is 10.3. The monoisotopic (exact) mass is 234 g/mol. The molecule has 0 aromatic heterocycles. The SMILES string of the molecule is CCCCCOS(=O)(=O)CC(F)(F)F. The largest absolute Gasteiger partial charge is 0.405 e. The van der Waals surface area contributed by atoms with Gasteiger partial charge >= 0.3 is 6.18 Å². The molecule has 86 valence electrons. The molecule has 7 heteroatoms. The summed E-state index contributed by atoms with van der Waals surface area (Å²) in [5, 5.41) is 0. The number of hydrogen-bond acceptors (Lipinski definition) is 3. The van der Waals surface area contributed by atoms with Crippen molar-refractivity contribution in [3.8, 4) is 0 Å². The second kappa shape index (κ2) is 5.55. The Labute approximate surface area is 81.4 Å². The van der Waals surface area contributed by atoms with E-state index in [2.05, 4.69) is 4.18 Å². The molecule has 0 spiro atoms. The van der Waals surface area contributed by atoms with Crippen LogP contribution in [-0.4, -0.2) is 27.0 Å². The molecule has 0 N–H and O–H groups in total. The fourth-order valence-corrected chi connectivity index (χ4v) is 1.64. The maximum absolute atomic E-state index is 11.7. The molecule has 0 aliphatic heterocycles. The highest BCUT2D eigenvalue weighted by Gasteiger charge is 2.35. The van der Waals surface area contributed by atoms with Gasteiger partial charge in [-0.3, -0.25) is 4.18 Å². The van der Waals surface area contributed by atoms with Crippen molar-refractivity contribution in [3.05, 3.63) is 0 Å². The Bertz CT molecular complexity index is 245. The van der Waals surface area contributed by atoms with E-state index in [-0.39, 0.29) is 6.61 Å². The van der Waals surface area contributed by atoms with E-state index in [1.807, 2.05) is 6.92 Å². The maximum Gasteiger partial charge on any atom is 0.405 e. The van der Waals surface area contributed by atoms with Crippen LogP contribution in [-0.2, 0) is 14.3 Å². The van der Waals surface area contributed by atoms with Crippen LogP contribution in [0.15, 0.2) is 0 Å². The summed E-state index contributed by atoms with van der Waals surface area (Å²) in [6.45, 7) is 1.72. The van der Waals surface area contributed by atoms with Crippen LogP contribution < -0.4 is 0 Å². The Kier molecular flexibility index (Phi) is 5.43. The molecule has 0 fully saturated rings. The van der Waals surface area contributed by atoms with Gasteiger partial charge in [-0.05, 0) is 6.42 Å². The lowest BCUT2D eigenvalue weighted by molar-refractivity contribution is -0.107. The predicted octanol–water partition coefficient (Wildman–Crippen LogP) is 2.09. The zero-order valence-corrected chi connectivity index (χ0v) is 8.62. The van der Waals surface area contributed by atoms with Crippen LogP contribution in [0.2, 0.25) is 0 Å². The van der Waals surface area contributed by atoms with Gasteiger partial charge < -0.3 is 0 Å². The highest BCUT2D eigenvalue weighted by atomic mass is 32.2. The topological polar surface area (TPSA) is 43.4 Å². The van der Waals surface area contributed by atoms with Gasteiger partial charge in [0.1, 0.15) is 0 Å². The third kappa shape index (κ3) is 8.31. The van der Waals surface area contributed by atoms with Gasteiger partial charge in [0.2, 0.25) is 0 Å². The Morgan fingerprint density at radius 3 is 2.21 bits per heavy atom. The van der Waals surface area contributed by atoms with Crippen molar-refractivity contribution in [2.45, 2.75) is 32.4 Å². The molecule has 3 nitrogen and oxygen atoms in total. The predicted molar refractivity (Wildman–Crippen MR) is 45.3 cm³/mol. The normalized spacial score (nSPS) is 13.1. The maximum atomic E-state index is 11.7. The number of rotatable bonds is 6. The second-order valence-electron chi connectivity index (χ2n) is 2.85. The lowest BCUT2D eigenvalue weighted by Gasteiger charge is -2.07. The molecule has 0 heterocycles. The first-order valence-corrected chi connectivity index (χ1v) is 5.78. The van der Waals surface area contributed by atoms with E-state index in [4.69, 9.17) is 0 Å². The molecule has 0 bridgehead atoms. The Hall–Kier alpha value is -0.300. The van der Waals surface area contributed by atoms with E-state index in [1.165, 1.54) is 0 Å². The van der Waals surface area contributed by atoms with Crippen molar-refractivity contribution >= 4 is 10.1 Å². The van der Waals surface area contributed by atoms with Crippen molar-refractivity contribution in [1.29, 1.82) is 0 Å². The average Bonchev–Trinajstić information content (AvgIpc) is 1.93. The van der Waals surface area contributed by atoms with Gasteiger partial charge in [-0.2, -0.15) is 21.6 Å². The van der Waals surface area contributed by atoms with E-state index in [0.29, 0.717) is 6.42 Å². The molecule has 14 heavy (non-hydrogen) atoms. The second-order valence-corrected chi connectivity index (χ2v) is 4.49. The standard InChI is InChI=1S/C7H13F3O3S/c1-2-3-4-5-13-14(11,12)6-7(8,9)10/h2-6H2,1H3. The summed E-state index contributed by atoms with van der Waals surface area (Å²) in [7, 11) is -4.44. The van der Waals surface area contributed by atoms with Crippen LogP contribution >= 0.6 is 0 Å². The van der Waals surface area contributed by atoms with Crippen molar-refractivity contribution in [2.75, 3.05) is 12.4 Å². The number of unbranched alkanes of at least 4 members (excludes halogenated alkanes) is 2. The molecular weight excluding hydrogens is 221 g/mol. The molecule has 0 aromatic rings. The van der Waals surface area contributed by atoms with Crippen molar-refractivity contribution in [2.24, 2.45) is 0 Å². The highest BCUT2D eigenvalue weighted by molar-refractivity contribution is 7.86. The van der Waals surface area contributed by atoms with E-state index < -0.39 is 22.0 Å². The first-order valence-electron chi connectivity index (χ1n) is 4.20. The highest BCUT2D eigenvalue weighted by Crippen LogP contribution is 2.18. The minimum Gasteiger partial charge on any atom is -0.270 e. The molecule has 0 aliphatic carbocycles. The van der Waals surface area contributed by atoms with Crippen molar-refractivity contribution in [1.82, 2.24) is 0 Å². The summed E-state index contributed by atoms with van der Waals surface area (Å²) >= 11 is 0. The minimum atomic E-state index is -4.73. The van der Waals surface area contributed by atoms with Crippen LogP contribution in [0.5, 0.6) is 0 Å². The summed E-state index contributed by atoms with van der Waals surface area (Å²) in [4.78, 5) is 0.